The first-order valence-corrected chi connectivity index (χ1v) is 8.92. The van der Waals surface area contributed by atoms with E-state index in [1.54, 1.807) is 0 Å². The van der Waals surface area contributed by atoms with Crippen LogP contribution in [0.2, 0.25) is 0 Å². The standard InChI is InChI=1S/C15H19NO3S/c17-15(13-8-9-20(18,19)11-13)16(14-6-7-14)10-12-4-2-1-3-5-12/h1-5,13-14H,6-11H2. The van der Waals surface area contributed by atoms with Gasteiger partial charge in [-0.3, -0.25) is 4.79 Å². The normalized spacial score (nSPS) is 24.5. The second-order valence-corrected chi connectivity index (χ2v) is 8.01. The van der Waals surface area contributed by atoms with Crippen LogP contribution in [0.5, 0.6) is 0 Å². The molecule has 2 aliphatic rings. The molecule has 20 heavy (non-hydrogen) atoms. The maximum absolute atomic E-state index is 12.6. The van der Waals surface area contributed by atoms with E-state index in [9.17, 15) is 13.2 Å². The molecule has 1 saturated heterocycles. The van der Waals surface area contributed by atoms with E-state index in [-0.39, 0.29) is 23.3 Å². The molecule has 1 atom stereocenters. The Hall–Kier alpha value is -1.36. The van der Waals surface area contributed by atoms with Crippen LogP contribution in [0.1, 0.15) is 24.8 Å². The number of sulfone groups is 1. The first-order valence-electron chi connectivity index (χ1n) is 7.10. The molecule has 1 saturated carbocycles. The molecule has 108 valence electrons. The maximum atomic E-state index is 12.6. The minimum Gasteiger partial charge on any atom is -0.335 e. The maximum Gasteiger partial charge on any atom is 0.227 e. The number of benzene rings is 1. The molecule has 1 aliphatic heterocycles. The number of carbonyl (C=O) groups excluding carboxylic acids is 1. The van der Waals surface area contributed by atoms with Crippen LogP contribution in [0.25, 0.3) is 0 Å². The average Bonchev–Trinajstić information content (AvgIpc) is 3.20. The number of hydrogen-bond acceptors (Lipinski definition) is 3. The Morgan fingerprint density at radius 2 is 1.85 bits per heavy atom. The SMILES string of the molecule is O=C(C1CCS(=O)(=O)C1)N(Cc1ccccc1)C1CC1. The summed E-state index contributed by atoms with van der Waals surface area (Å²) in [5.41, 5.74) is 1.11. The van der Waals surface area contributed by atoms with Crippen LogP contribution >= 0.6 is 0 Å². The monoisotopic (exact) mass is 293 g/mol. The highest BCUT2D eigenvalue weighted by Gasteiger charge is 2.40. The molecule has 1 aromatic carbocycles. The van der Waals surface area contributed by atoms with Crippen molar-refractivity contribution in [1.82, 2.24) is 4.90 Å². The Labute approximate surface area is 119 Å². The van der Waals surface area contributed by atoms with Gasteiger partial charge in [0.2, 0.25) is 5.91 Å². The fourth-order valence-corrected chi connectivity index (χ4v) is 4.51. The largest absolute Gasteiger partial charge is 0.335 e. The molecule has 1 amide bonds. The van der Waals surface area contributed by atoms with Crippen molar-refractivity contribution in [2.24, 2.45) is 5.92 Å². The quantitative estimate of drug-likeness (QED) is 0.847. The summed E-state index contributed by atoms with van der Waals surface area (Å²) in [6, 6.07) is 10.2. The number of nitrogens with zero attached hydrogens (tertiary/aromatic N) is 1. The lowest BCUT2D eigenvalue weighted by Crippen LogP contribution is -2.37. The van der Waals surface area contributed by atoms with Gasteiger partial charge >= 0.3 is 0 Å². The van der Waals surface area contributed by atoms with Crippen molar-refractivity contribution in [2.75, 3.05) is 11.5 Å². The summed E-state index contributed by atoms with van der Waals surface area (Å²) in [6.07, 6.45) is 2.56. The third-order valence-electron chi connectivity index (χ3n) is 4.05. The van der Waals surface area contributed by atoms with Crippen LogP contribution < -0.4 is 0 Å². The molecule has 5 heteroatoms. The van der Waals surface area contributed by atoms with Crippen molar-refractivity contribution >= 4 is 15.7 Å². The summed E-state index contributed by atoms with van der Waals surface area (Å²) in [5, 5.41) is 0. The van der Waals surface area contributed by atoms with E-state index < -0.39 is 9.84 Å². The van der Waals surface area contributed by atoms with Gasteiger partial charge in [0.15, 0.2) is 9.84 Å². The molecular weight excluding hydrogens is 274 g/mol. The highest BCUT2D eigenvalue weighted by atomic mass is 32.2. The molecule has 1 aromatic rings. The lowest BCUT2D eigenvalue weighted by atomic mass is 10.1. The molecule has 2 fully saturated rings. The van der Waals surface area contributed by atoms with Crippen molar-refractivity contribution in [3.63, 3.8) is 0 Å². The Balaban J connectivity index is 1.73. The first kappa shape index (κ1) is 13.6. The summed E-state index contributed by atoms with van der Waals surface area (Å²) >= 11 is 0. The highest BCUT2D eigenvalue weighted by Crippen LogP contribution is 2.32. The third-order valence-corrected chi connectivity index (χ3v) is 5.82. The van der Waals surface area contributed by atoms with Crippen LogP contribution in [0.15, 0.2) is 30.3 Å². The van der Waals surface area contributed by atoms with E-state index in [2.05, 4.69) is 0 Å². The lowest BCUT2D eigenvalue weighted by molar-refractivity contribution is -0.136. The average molecular weight is 293 g/mol. The predicted molar refractivity (Wildman–Crippen MR) is 76.8 cm³/mol. The van der Waals surface area contributed by atoms with Gasteiger partial charge in [0.1, 0.15) is 0 Å². The summed E-state index contributed by atoms with van der Waals surface area (Å²) in [4.78, 5) is 14.5. The molecule has 4 nitrogen and oxygen atoms in total. The van der Waals surface area contributed by atoms with Crippen molar-refractivity contribution in [3.8, 4) is 0 Å². The number of hydrogen-bond donors (Lipinski definition) is 0. The minimum atomic E-state index is -3.00. The zero-order valence-corrected chi connectivity index (χ0v) is 12.2. The van der Waals surface area contributed by atoms with Gasteiger partial charge < -0.3 is 4.90 Å². The van der Waals surface area contributed by atoms with Gasteiger partial charge in [-0.05, 0) is 24.8 Å². The number of amides is 1. The van der Waals surface area contributed by atoms with Crippen LogP contribution in [0, 0.1) is 5.92 Å². The fraction of sp³-hybridized carbons (Fsp3) is 0.533. The Morgan fingerprint density at radius 3 is 2.40 bits per heavy atom. The molecule has 0 spiro atoms. The van der Waals surface area contributed by atoms with Gasteiger partial charge in [0.25, 0.3) is 0 Å². The van der Waals surface area contributed by atoms with Gasteiger partial charge in [-0.15, -0.1) is 0 Å². The van der Waals surface area contributed by atoms with Crippen LogP contribution in [-0.2, 0) is 21.2 Å². The molecule has 0 aromatic heterocycles. The van der Waals surface area contributed by atoms with Crippen molar-refractivity contribution in [2.45, 2.75) is 31.8 Å². The van der Waals surface area contributed by atoms with Gasteiger partial charge in [-0.25, -0.2) is 8.42 Å². The second-order valence-electron chi connectivity index (χ2n) is 5.78. The topological polar surface area (TPSA) is 54.5 Å². The second kappa shape index (κ2) is 5.20. The molecule has 0 N–H and O–H groups in total. The predicted octanol–water partition coefficient (Wildman–Crippen LogP) is 1.61. The Kier molecular flexibility index (Phi) is 3.54. The van der Waals surface area contributed by atoms with Gasteiger partial charge in [0.05, 0.1) is 17.4 Å². The zero-order valence-electron chi connectivity index (χ0n) is 11.4. The Morgan fingerprint density at radius 1 is 1.15 bits per heavy atom. The first-order chi connectivity index (χ1) is 9.55. The molecule has 1 unspecified atom stereocenters. The number of carbonyl (C=O) groups is 1. The van der Waals surface area contributed by atoms with E-state index in [0.717, 1.165) is 18.4 Å². The van der Waals surface area contributed by atoms with E-state index >= 15 is 0 Å². The zero-order chi connectivity index (χ0) is 14.2. The van der Waals surface area contributed by atoms with E-state index in [4.69, 9.17) is 0 Å². The summed E-state index contributed by atoms with van der Waals surface area (Å²) in [5.74, 6) is -0.112. The van der Waals surface area contributed by atoms with E-state index in [1.165, 1.54) is 0 Å². The summed E-state index contributed by atoms with van der Waals surface area (Å²) in [6.45, 7) is 0.598. The molecule has 0 bridgehead atoms. The van der Waals surface area contributed by atoms with E-state index in [1.807, 2.05) is 35.2 Å². The van der Waals surface area contributed by atoms with Crippen LogP contribution in [-0.4, -0.2) is 36.8 Å². The summed E-state index contributed by atoms with van der Waals surface area (Å²) in [7, 11) is -3.00. The van der Waals surface area contributed by atoms with Gasteiger partial charge in [-0.1, -0.05) is 30.3 Å². The van der Waals surface area contributed by atoms with Crippen molar-refractivity contribution < 1.29 is 13.2 Å². The molecule has 1 aliphatic carbocycles. The van der Waals surface area contributed by atoms with Gasteiger partial charge in [-0.2, -0.15) is 0 Å². The number of rotatable bonds is 4. The molecule has 3 rings (SSSR count). The van der Waals surface area contributed by atoms with E-state index in [0.29, 0.717) is 19.0 Å². The van der Waals surface area contributed by atoms with Crippen LogP contribution in [0.4, 0.5) is 0 Å². The molecular formula is C15H19NO3S. The lowest BCUT2D eigenvalue weighted by Gasteiger charge is -2.25. The molecule has 0 radical (unpaired) electrons. The fourth-order valence-electron chi connectivity index (χ4n) is 2.78. The van der Waals surface area contributed by atoms with Crippen molar-refractivity contribution in [1.29, 1.82) is 0 Å². The summed E-state index contributed by atoms with van der Waals surface area (Å²) < 4.78 is 23.1. The highest BCUT2D eigenvalue weighted by molar-refractivity contribution is 7.91. The van der Waals surface area contributed by atoms with Crippen LogP contribution in [0.3, 0.4) is 0 Å². The van der Waals surface area contributed by atoms with Crippen molar-refractivity contribution in [3.05, 3.63) is 35.9 Å². The Bertz CT molecular complexity index is 593. The third kappa shape index (κ3) is 3.03. The molecule has 1 heterocycles. The smallest absolute Gasteiger partial charge is 0.227 e. The minimum absolute atomic E-state index is 0.0254. The van der Waals surface area contributed by atoms with Gasteiger partial charge in [0, 0.05) is 12.6 Å².